The van der Waals surface area contributed by atoms with E-state index in [-0.39, 0.29) is 24.9 Å². The Morgan fingerprint density at radius 2 is 1.71 bits per heavy atom. The maximum Gasteiger partial charge on any atom is 0.330 e. The summed E-state index contributed by atoms with van der Waals surface area (Å²) in [6, 6.07) is 8.77. The lowest BCUT2D eigenvalue weighted by molar-refractivity contribution is -0.129. The van der Waals surface area contributed by atoms with Crippen molar-refractivity contribution in [3.8, 4) is 0 Å². The molecule has 0 radical (unpaired) electrons. The van der Waals surface area contributed by atoms with Gasteiger partial charge in [-0.3, -0.25) is 28.8 Å². The number of benzene rings is 2. The second-order valence-corrected chi connectivity index (χ2v) is 10.4. The molecule has 2 heterocycles. The van der Waals surface area contributed by atoms with Crippen LogP contribution in [0.2, 0.25) is 0 Å². The number of carbonyl (C=O) groups is 4. The third-order valence-electron chi connectivity index (χ3n) is 7.59. The first-order chi connectivity index (χ1) is 17.9. The van der Waals surface area contributed by atoms with Crippen molar-refractivity contribution in [2.75, 3.05) is 26.5 Å². The molecule has 1 spiro atoms. The van der Waals surface area contributed by atoms with Gasteiger partial charge < -0.3 is 15.1 Å². The molecular weight excluding hydrogens is 488 g/mol. The van der Waals surface area contributed by atoms with Crippen LogP contribution in [0.3, 0.4) is 0 Å². The zero-order valence-corrected chi connectivity index (χ0v) is 22.0. The zero-order valence-electron chi connectivity index (χ0n) is 22.0. The van der Waals surface area contributed by atoms with E-state index in [0.717, 1.165) is 22.3 Å². The van der Waals surface area contributed by atoms with Crippen LogP contribution in [0.4, 0.5) is 10.5 Å². The highest BCUT2D eigenvalue weighted by atomic mass is 16.2. The number of aryl methyl sites for hydroxylation is 2. The molecule has 1 fully saturated rings. The number of likely N-dealkylation sites (N-methyl/N-ethyl adjacent to an activating group) is 2. The van der Waals surface area contributed by atoms with Gasteiger partial charge in [-0.2, -0.15) is 0 Å². The fraction of sp³-hybridized carbons (Fsp3) is 0.370. The summed E-state index contributed by atoms with van der Waals surface area (Å²) in [6.45, 7) is 3.43. The highest BCUT2D eigenvalue weighted by Crippen LogP contribution is 2.38. The van der Waals surface area contributed by atoms with Gasteiger partial charge in [-0.1, -0.05) is 12.1 Å². The largest absolute Gasteiger partial charge is 0.347 e. The maximum absolute atomic E-state index is 13.4. The standard InChI is InChI=1S/C27H30N6O5/c1-15-8-16(2)23-20(9-15)32(26(38)33(23)14-22(35)30(3)4)13-21(34)28-19-7-6-17-11-27(12-18(17)10-19)24(36)29-25(37)31(27)5/h6-10H,11-14H2,1-5H3,(H,28,34)(H,29,36,37). The van der Waals surface area contributed by atoms with Crippen molar-refractivity contribution in [1.82, 2.24) is 24.3 Å². The molecule has 3 aromatic rings. The summed E-state index contributed by atoms with van der Waals surface area (Å²) in [5.74, 6) is -0.946. The van der Waals surface area contributed by atoms with E-state index in [1.807, 2.05) is 38.1 Å². The van der Waals surface area contributed by atoms with Gasteiger partial charge in [-0.25, -0.2) is 9.59 Å². The molecule has 1 unspecified atom stereocenters. The van der Waals surface area contributed by atoms with E-state index in [2.05, 4.69) is 10.6 Å². The normalized spacial score (nSPS) is 18.3. The minimum atomic E-state index is -0.948. The fourth-order valence-corrected chi connectivity index (χ4v) is 5.53. The van der Waals surface area contributed by atoms with Crippen molar-refractivity contribution in [1.29, 1.82) is 0 Å². The second kappa shape index (κ2) is 8.86. The van der Waals surface area contributed by atoms with Crippen LogP contribution in [0.15, 0.2) is 35.1 Å². The van der Waals surface area contributed by atoms with Gasteiger partial charge in [-0.05, 0) is 54.3 Å². The second-order valence-electron chi connectivity index (χ2n) is 10.4. The molecule has 1 aliphatic heterocycles. The molecule has 1 saturated heterocycles. The molecule has 5 rings (SSSR count). The van der Waals surface area contributed by atoms with E-state index in [0.29, 0.717) is 29.6 Å². The fourth-order valence-electron chi connectivity index (χ4n) is 5.53. The molecule has 2 aromatic carbocycles. The van der Waals surface area contributed by atoms with Gasteiger partial charge in [0.05, 0.1) is 11.0 Å². The Labute approximate surface area is 219 Å². The van der Waals surface area contributed by atoms with Gasteiger partial charge in [0.25, 0.3) is 5.91 Å². The van der Waals surface area contributed by atoms with E-state index >= 15 is 0 Å². The summed E-state index contributed by atoms with van der Waals surface area (Å²) in [5, 5.41) is 5.23. The summed E-state index contributed by atoms with van der Waals surface area (Å²) in [5.41, 5.74) is 3.96. The predicted molar refractivity (Wildman–Crippen MR) is 141 cm³/mol. The molecule has 0 saturated carbocycles. The number of hydrogen-bond acceptors (Lipinski definition) is 5. The van der Waals surface area contributed by atoms with Gasteiger partial charge in [0.2, 0.25) is 11.8 Å². The van der Waals surface area contributed by atoms with Crippen LogP contribution < -0.4 is 16.3 Å². The molecule has 11 nitrogen and oxygen atoms in total. The van der Waals surface area contributed by atoms with Crippen molar-refractivity contribution in [3.05, 3.63) is 63.1 Å². The number of imide groups is 1. The lowest BCUT2D eigenvalue weighted by Gasteiger charge is -2.27. The van der Waals surface area contributed by atoms with Gasteiger partial charge in [0, 0.05) is 39.7 Å². The van der Waals surface area contributed by atoms with Crippen molar-refractivity contribution in [3.63, 3.8) is 0 Å². The number of urea groups is 1. The van der Waals surface area contributed by atoms with Crippen LogP contribution in [-0.4, -0.2) is 69.4 Å². The van der Waals surface area contributed by atoms with Crippen LogP contribution in [0.5, 0.6) is 0 Å². The SMILES string of the molecule is Cc1cc(C)c2c(c1)n(CC(=O)Nc1ccc3c(c1)CC1(C3)C(=O)NC(=O)N1C)c(=O)n2CC(=O)N(C)C. The summed E-state index contributed by atoms with van der Waals surface area (Å²) in [4.78, 5) is 66.4. The molecule has 0 bridgehead atoms. The van der Waals surface area contributed by atoms with E-state index < -0.39 is 23.2 Å². The summed E-state index contributed by atoms with van der Waals surface area (Å²) < 4.78 is 2.80. The van der Waals surface area contributed by atoms with Gasteiger partial charge >= 0.3 is 11.7 Å². The number of rotatable bonds is 5. The molecule has 1 aromatic heterocycles. The number of hydrogen-bond donors (Lipinski definition) is 2. The molecule has 38 heavy (non-hydrogen) atoms. The number of nitrogens with zero attached hydrogens (tertiary/aromatic N) is 4. The number of carbonyl (C=O) groups excluding carboxylic acids is 4. The van der Waals surface area contributed by atoms with Crippen LogP contribution >= 0.6 is 0 Å². The van der Waals surface area contributed by atoms with Gasteiger partial charge in [0.1, 0.15) is 18.6 Å². The number of nitrogens with one attached hydrogen (secondary N) is 2. The molecule has 11 heteroatoms. The van der Waals surface area contributed by atoms with Crippen LogP contribution in [0.25, 0.3) is 11.0 Å². The molecule has 1 aliphatic carbocycles. The van der Waals surface area contributed by atoms with Crippen molar-refractivity contribution in [2.45, 2.75) is 45.3 Å². The molecule has 1 atom stereocenters. The van der Waals surface area contributed by atoms with Crippen LogP contribution in [-0.2, 0) is 40.3 Å². The Hall–Kier alpha value is -4.41. The van der Waals surface area contributed by atoms with Crippen LogP contribution in [0, 0.1) is 13.8 Å². The minimum absolute atomic E-state index is 0.127. The van der Waals surface area contributed by atoms with Crippen molar-refractivity contribution >= 4 is 40.5 Å². The van der Waals surface area contributed by atoms with E-state index in [1.54, 1.807) is 27.2 Å². The van der Waals surface area contributed by atoms with E-state index in [9.17, 15) is 24.0 Å². The van der Waals surface area contributed by atoms with Gasteiger partial charge in [0.15, 0.2) is 0 Å². The highest BCUT2D eigenvalue weighted by Gasteiger charge is 2.54. The molecule has 198 valence electrons. The number of aromatic nitrogens is 2. The minimum Gasteiger partial charge on any atom is -0.347 e. The van der Waals surface area contributed by atoms with Crippen LogP contribution in [0.1, 0.15) is 22.3 Å². The Bertz CT molecular complexity index is 1600. The quantitative estimate of drug-likeness (QED) is 0.491. The average Bonchev–Trinajstić information content (AvgIpc) is 3.41. The molecule has 5 amide bonds. The number of amides is 5. The Kier molecular flexibility index (Phi) is 5.89. The lowest BCUT2D eigenvalue weighted by Crippen LogP contribution is -2.48. The first-order valence-electron chi connectivity index (χ1n) is 12.3. The number of anilines is 1. The third kappa shape index (κ3) is 3.94. The van der Waals surface area contributed by atoms with Crippen molar-refractivity contribution < 1.29 is 19.2 Å². The van der Waals surface area contributed by atoms with Gasteiger partial charge in [-0.15, -0.1) is 0 Å². The molecule has 2 aliphatic rings. The van der Waals surface area contributed by atoms with E-state index in [1.165, 1.54) is 18.9 Å². The number of imidazole rings is 1. The predicted octanol–water partition coefficient (Wildman–Crippen LogP) is 1.17. The Balaban J connectivity index is 1.41. The lowest BCUT2D eigenvalue weighted by atomic mass is 9.95. The van der Waals surface area contributed by atoms with E-state index in [4.69, 9.17) is 0 Å². The summed E-state index contributed by atoms with van der Waals surface area (Å²) in [7, 11) is 4.87. The Morgan fingerprint density at radius 3 is 2.37 bits per heavy atom. The summed E-state index contributed by atoms with van der Waals surface area (Å²) >= 11 is 0. The first kappa shape index (κ1) is 25.2. The highest BCUT2D eigenvalue weighted by molar-refractivity contribution is 6.07. The maximum atomic E-state index is 13.4. The smallest absolute Gasteiger partial charge is 0.330 e. The molecule has 2 N–H and O–H groups in total. The Morgan fingerprint density at radius 1 is 1.00 bits per heavy atom. The third-order valence-corrected chi connectivity index (χ3v) is 7.59. The first-order valence-corrected chi connectivity index (χ1v) is 12.3. The molecular formula is C27H30N6O5. The zero-order chi connectivity index (χ0) is 27.5. The monoisotopic (exact) mass is 518 g/mol. The average molecular weight is 519 g/mol. The topological polar surface area (TPSA) is 126 Å². The summed E-state index contributed by atoms with van der Waals surface area (Å²) in [6.07, 6.45) is 0.759. The number of fused-ring (bicyclic) bond motifs is 2. The van der Waals surface area contributed by atoms with Crippen molar-refractivity contribution in [2.24, 2.45) is 0 Å².